The van der Waals surface area contributed by atoms with Gasteiger partial charge in [-0.25, -0.2) is 0 Å². The molecule has 30 heavy (non-hydrogen) atoms. The molecule has 1 heterocycles. The monoisotopic (exact) mass is 411 g/mol. The van der Waals surface area contributed by atoms with Crippen molar-refractivity contribution < 1.29 is 4.79 Å². The minimum absolute atomic E-state index is 0.00834. The van der Waals surface area contributed by atoms with E-state index < -0.39 is 0 Å². The Bertz CT molecular complexity index is 1180. The van der Waals surface area contributed by atoms with Gasteiger partial charge in [0.1, 0.15) is 10.7 Å². The Morgan fingerprint density at radius 1 is 0.800 bits per heavy atom. The van der Waals surface area contributed by atoms with Gasteiger partial charge in [-0.15, -0.1) is 16.5 Å². The number of hydrogen-bond donors (Lipinski definition) is 1. The molecule has 0 amide bonds. The lowest BCUT2D eigenvalue weighted by molar-refractivity contribution is 0.104. The first-order valence-electron chi connectivity index (χ1n) is 9.65. The van der Waals surface area contributed by atoms with Gasteiger partial charge in [-0.3, -0.25) is 4.79 Å². The van der Waals surface area contributed by atoms with Crippen molar-refractivity contribution in [3.63, 3.8) is 0 Å². The highest BCUT2D eigenvalue weighted by atomic mass is 32.1. The number of nitrogens with one attached hydrogen (secondary N) is 1. The minimum Gasteiger partial charge on any atom is -0.345 e. The Balaban J connectivity index is 1.74. The lowest BCUT2D eigenvalue weighted by atomic mass is 10.1. The molecular formula is C25H21N3OS. The Morgan fingerprint density at radius 2 is 1.43 bits per heavy atom. The van der Waals surface area contributed by atoms with E-state index in [4.69, 9.17) is 0 Å². The molecule has 0 saturated carbocycles. The summed E-state index contributed by atoms with van der Waals surface area (Å²) in [5.41, 5.74) is 5.04. The molecule has 0 saturated heterocycles. The predicted octanol–water partition coefficient (Wildman–Crippen LogP) is 7.75. The molecule has 0 unspecified atom stereocenters. The third-order valence-electron chi connectivity index (χ3n) is 4.69. The van der Waals surface area contributed by atoms with Gasteiger partial charge in [0.25, 0.3) is 0 Å². The van der Waals surface area contributed by atoms with E-state index in [-0.39, 0.29) is 5.78 Å². The number of ketones is 1. The predicted molar refractivity (Wildman–Crippen MR) is 124 cm³/mol. The molecule has 0 aliphatic carbocycles. The third kappa shape index (κ3) is 4.36. The number of nitrogens with zero attached hydrogens (tertiary/aromatic N) is 2. The maximum atomic E-state index is 13.1. The summed E-state index contributed by atoms with van der Waals surface area (Å²) in [5.74, 6) is -0.00834. The summed E-state index contributed by atoms with van der Waals surface area (Å²) in [6.45, 7) is 3.96. The first kappa shape index (κ1) is 19.7. The first-order valence-corrected chi connectivity index (χ1v) is 10.5. The molecule has 0 spiro atoms. The van der Waals surface area contributed by atoms with Gasteiger partial charge < -0.3 is 5.32 Å². The van der Waals surface area contributed by atoms with Crippen molar-refractivity contribution in [2.45, 2.75) is 13.8 Å². The fourth-order valence-corrected chi connectivity index (χ4v) is 4.14. The van der Waals surface area contributed by atoms with E-state index in [2.05, 4.69) is 15.5 Å². The summed E-state index contributed by atoms with van der Waals surface area (Å²) in [5, 5.41) is 13.1. The van der Waals surface area contributed by atoms with E-state index in [1.165, 1.54) is 16.9 Å². The zero-order chi connectivity index (χ0) is 20.9. The molecule has 0 bridgehead atoms. The van der Waals surface area contributed by atoms with Crippen molar-refractivity contribution in [3.8, 4) is 0 Å². The Labute approximate surface area is 179 Å². The van der Waals surface area contributed by atoms with Crippen LogP contribution in [0.3, 0.4) is 0 Å². The summed E-state index contributed by atoms with van der Waals surface area (Å²) in [6.07, 6.45) is 0. The molecule has 4 rings (SSSR count). The van der Waals surface area contributed by atoms with Crippen molar-refractivity contribution in [1.29, 1.82) is 0 Å². The summed E-state index contributed by atoms with van der Waals surface area (Å²) in [7, 11) is 0. The van der Waals surface area contributed by atoms with E-state index in [1.54, 1.807) is 0 Å². The van der Waals surface area contributed by atoms with Crippen LogP contribution in [-0.4, -0.2) is 5.78 Å². The van der Waals surface area contributed by atoms with Crippen LogP contribution in [-0.2, 0) is 0 Å². The van der Waals surface area contributed by atoms with Crippen LogP contribution < -0.4 is 5.32 Å². The Morgan fingerprint density at radius 3 is 2.10 bits per heavy atom. The highest BCUT2D eigenvalue weighted by Crippen LogP contribution is 2.43. The van der Waals surface area contributed by atoms with Crippen LogP contribution >= 0.6 is 11.3 Å². The standard InChI is InChI=1S/C25H21N3OS/c1-17-13-15-21(16-14-17)27-28-22-18(2)24(23(29)19-9-5-3-6-10-19)30-25(22)26-20-11-7-4-8-12-20/h3-16,26H,1-2H3. The van der Waals surface area contributed by atoms with Crippen LogP contribution in [0.25, 0.3) is 0 Å². The second-order valence-electron chi connectivity index (χ2n) is 6.96. The highest BCUT2D eigenvalue weighted by Gasteiger charge is 2.21. The van der Waals surface area contributed by atoms with E-state index in [1.807, 2.05) is 98.8 Å². The van der Waals surface area contributed by atoms with Gasteiger partial charge in [0.2, 0.25) is 5.78 Å². The number of anilines is 2. The van der Waals surface area contributed by atoms with Crippen molar-refractivity contribution in [2.24, 2.45) is 10.2 Å². The Kier molecular flexibility index (Phi) is 5.82. The van der Waals surface area contributed by atoms with Crippen LogP contribution in [0.5, 0.6) is 0 Å². The van der Waals surface area contributed by atoms with Crippen molar-refractivity contribution in [1.82, 2.24) is 0 Å². The summed E-state index contributed by atoms with van der Waals surface area (Å²) in [6, 6.07) is 27.0. The van der Waals surface area contributed by atoms with Crippen LogP contribution in [0.1, 0.15) is 26.4 Å². The number of thiophene rings is 1. The molecule has 1 aromatic heterocycles. The second kappa shape index (κ2) is 8.84. The molecule has 3 aromatic carbocycles. The number of hydrogen-bond acceptors (Lipinski definition) is 5. The van der Waals surface area contributed by atoms with Gasteiger partial charge in [-0.1, -0.05) is 66.2 Å². The third-order valence-corrected chi connectivity index (χ3v) is 5.88. The number of azo groups is 1. The zero-order valence-electron chi connectivity index (χ0n) is 16.8. The van der Waals surface area contributed by atoms with Crippen LogP contribution in [0.2, 0.25) is 0 Å². The van der Waals surface area contributed by atoms with Gasteiger partial charge in [0, 0.05) is 16.8 Å². The van der Waals surface area contributed by atoms with Crippen LogP contribution in [0, 0.1) is 13.8 Å². The van der Waals surface area contributed by atoms with E-state index in [0.717, 1.165) is 21.9 Å². The maximum absolute atomic E-state index is 13.1. The molecule has 0 atom stereocenters. The lowest BCUT2D eigenvalue weighted by Gasteiger charge is -2.04. The fraction of sp³-hybridized carbons (Fsp3) is 0.0800. The Hall–Kier alpha value is -3.57. The number of carbonyl (C=O) groups is 1. The average Bonchev–Trinajstić information content (AvgIpc) is 3.09. The van der Waals surface area contributed by atoms with Crippen LogP contribution in [0.4, 0.5) is 22.1 Å². The number of para-hydroxylation sites is 1. The highest BCUT2D eigenvalue weighted by molar-refractivity contribution is 7.19. The van der Waals surface area contributed by atoms with Crippen molar-refractivity contribution in [2.75, 3.05) is 5.32 Å². The lowest BCUT2D eigenvalue weighted by Crippen LogP contribution is -1.99. The van der Waals surface area contributed by atoms with E-state index >= 15 is 0 Å². The number of carbonyl (C=O) groups excluding carboxylic acids is 1. The molecule has 0 aliphatic rings. The van der Waals surface area contributed by atoms with Gasteiger partial charge in [-0.05, 0) is 38.1 Å². The van der Waals surface area contributed by atoms with Gasteiger partial charge in [0.05, 0.1) is 10.6 Å². The quantitative estimate of drug-likeness (QED) is 0.260. The molecule has 148 valence electrons. The van der Waals surface area contributed by atoms with Crippen molar-refractivity contribution in [3.05, 3.63) is 106 Å². The SMILES string of the molecule is Cc1ccc(N=Nc2c(Nc3ccccc3)sc(C(=O)c3ccccc3)c2C)cc1. The summed E-state index contributed by atoms with van der Waals surface area (Å²) >= 11 is 1.41. The number of benzene rings is 3. The van der Waals surface area contributed by atoms with Crippen LogP contribution in [0.15, 0.2) is 95.2 Å². The zero-order valence-corrected chi connectivity index (χ0v) is 17.6. The molecule has 1 N–H and O–H groups in total. The number of aryl methyl sites for hydroxylation is 1. The minimum atomic E-state index is -0.00834. The normalized spacial score (nSPS) is 11.0. The summed E-state index contributed by atoms with van der Waals surface area (Å²) < 4.78 is 0. The number of rotatable bonds is 6. The van der Waals surface area contributed by atoms with Crippen molar-refractivity contribution >= 4 is 39.2 Å². The molecule has 5 heteroatoms. The largest absolute Gasteiger partial charge is 0.345 e. The first-order chi connectivity index (χ1) is 14.6. The average molecular weight is 412 g/mol. The molecule has 0 aliphatic heterocycles. The topological polar surface area (TPSA) is 53.8 Å². The second-order valence-corrected chi connectivity index (χ2v) is 7.98. The summed E-state index contributed by atoms with van der Waals surface area (Å²) in [4.78, 5) is 13.8. The van der Waals surface area contributed by atoms with Gasteiger partial charge in [-0.2, -0.15) is 5.11 Å². The maximum Gasteiger partial charge on any atom is 0.203 e. The van der Waals surface area contributed by atoms with Gasteiger partial charge >= 0.3 is 0 Å². The molecule has 0 fully saturated rings. The molecule has 0 radical (unpaired) electrons. The smallest absolute Gasteiger partial charge is 0.203 e. The molecule has 4 nitrogen and oxygen atoms in total. The van der Waals surface area contributed by atoms with E-state index in [0.29, 0.717) is 16.1 Å². The van der Waals surface area contributed by atoms with E-state index in [9.17, 15) is 4.79 Å². The molecule has 4 aromatic rings. The van der Waals surface area contributed by atoms with Gasteiger partial charge in [0.15, 0.2) is 0 Å². The molecular weight excluding hydrogens is 390 g/mol. The fourth-order valence-electron chi connectivity index (χ4n) is 3.02.